The highest BCUT2D eigenvalue weighted by Gasteiger charge is 2.43. The van der Waals surface area contributed by atoms with Crippen molar-refractivity contribution in [2.45, 2.75) is 6.42 Å². The molecule has 2 atom stereocenters. The van der Waals surface area contributed by atoms with Crippen LogP contribution < -0.4 is 4.74 Å². The molecule has 1 saturated carbocycles. The minimum absolute atomic E-state index is 0.0757. The van der Waals surface area contributed by atoms with Gasteiger partial charge in [-0.2, -0.15) is 0 Å². The van der Waals surface area contributed by atoms with Crippen molar-refractivity contribution in [1.29, 1.82) is 0 Å². The van der Waals surface area contributed by atoms with Gasteiger partial charge in [0.1, 0.15) is 11.4 Å². The third kappa shape index (κ3) is 2.60. The molecule has 0 saturated heterocycles. The van der Waals surface area contributed by atoms with Crippen LogP contribution in [0.25, 0.3) is 5.69 Å². The molecule has 1 aliphatic carbocycles. The number of aliphatic carboxylic acids is 1. The van der Waals surface area contributed by atoms with Crippen LogP contribution in [-0.2, 0) is 4.79 Å². The number of carboxylic acid groups (broad SMARTS) is 1. The van der Waals surface area contributed by atoms with Gasteiger partial charge in [0.05, 0.1) is 24.9 Å². The quantitative estimate of drug-likeness (QED) is 0.912. The van der Waals surface area contributed by atoms with E-state index in [-0.39, 0.29) is 11.8 Å². The van der Waals surface area contributed by atoms with Crippen LogP contribution in [0.4, 0.5) is 0 Å². The Morgan fingerprint density at radius 1 is 1.55 bits per heavy atom. The molecule has 104 valence electrons. The molecule has 1 aliphatic rings. The van der Waals surface area contributed by atoms with Crippen molar-refractivity contribution in [3.05, 3.63) is 35.6 Å². The normalized spacial score (nSPS) is 20.6. The Morgan fingerprint density at radius 3 is 3.05 bits per heavy atom. The summed E-state index contributed by atoms with van der Waals surface area (Å²) in [5.41, 5.74) is 0.683. The van der Waals surface area contributed by atoms with Gasteiger partial charge < -0.3 is 9.84 Å². The molecule has 7 heteroatoms. The zero-order chi connectivity index (χ0) is 14.1. The first-order chi connectivity index (χ1) is 9.65. The van der Waals surface area contributed by atoms with Gasteiger partial charge in [0.2, 0.25) is 0 Å². The molecular weight excluding hydrogens is 282 g/mol. The molecule has 2 aromatic rings. The smallest absolute Gasteiger partial charge is 0.306 e. The van der Waals surface area contributed by atoms with Crippen molar-refractivity contribution in [2.24, 2.45) is 11.8 Å². The third-order valence-electron chi connectivity index (χ3n) is 3.28. The molecule has 1 heterocycles. The summed E-state index contributed by atoms with van der Waals surface area (Å²) in [6.45, 7) is 0.375. The summed E-state index contributed by atoms with van der Waals surface area (Å²) >= 11 is 5.98. The van der Waals surface area contributed by atoms with E-state index in [4.69, 9.17) is 21.4 Å². The first-order valence-electron chi connectivity index (χ1n) is 6.17. The second kappa shape index (κ2) is 5.13. The average Bonchev–Trinajstić information content (AvgIpc) is 3.01. The Labute approximate surface area is 119 Å². The van der Waals surface area contributed by atoms with Crippen molar-refractivity contribution in [3.8, 4) is 11.4 Å². The van der Waals surface area contributed by atoms with Gasteiger partial charge in [-0.3, -0.25) is 4.79 Å². The van der Waals surface area contributed by atoms with Crippen molar-refractivity contribution < 1.29 is 14.6 Å². The zero-order valence-electron chi connectivity index (χ0n) is 10.4. The summed E-state index contributed by atoms with van der Waals surface area (Å²) in [7, 11) is 0. The van der Waals surface area contributed by atoms with Crippen LogP contribution in [-0.4, -0.2) is 32.7 Å². The number of hydrogen-bond acceptors (Lipinski definition) is 4. The maximum Gasteiger partial charge on any atom is 0.306 e. The van der Waals surface area contributed by atoms with Crippen molar-refractivity contribution in [2.75, 3.05) is 6.61 Å². The van der Waals surface area contributed by atoms with Gasteiger partial charge in [0.15, 0.2) is 0 Å². The molecule has 1 fully saturated rings. The van der Waals surface area contributed by atoms with E-state index in [1.807, 2.05) is 0 Å². The first-order valence-corrected chi connectivity index (χ1v) is 6.55. The molecule has 6 nitrogen and oxygen atoms in total. The lowest BCUT2D eigenvalue weighted by Gasteiger charge is -2.11. The van der Waals surface area contributed by atoms with Crippen LogP contribution in [0.2, 0.25) is 5.02 Å². The topological polar surface area (TPSA) is 77.2 Å². The number of nitrogens with zero attached hydrogens (tertiary/aromatic N) is 3. The van der Waals surface area contributed by atoms with Gasteiger partial charge in [-0.05, 0) is 24.6 Å². The van der Waals surface area contributed by atoms with Crippen LogP contribution in [0, 0.1) is 11.8 Å². The molecule has 1 aromatic heterocycles. The van der Waals surface area contributed by atoms with Crippen LogP contribution >= 0.6 is 11.6 Å². The molecule has 1 N–H and O–H groups in total. The highest BCUT2D eigenvalue weighted by Crippen LogP contribution is 2.39. The number of benzene rings is 1. The van der Waals surface area contributed by atoms with E-state index in [1.165, 1.54) is 0 Å². The second-order valence-corrected chi connectivity index (χ2v) is 5.15. The van der Waals surface area contributed by atoms with E-state index in [1.54, 1.807) is 35.3 Å². The summed E-state index contributed by atoms with van der Waals surface area (Å²) in [4.78, 5) is 10.8. The van der Waals surface area contributed by atoms with Crippen LogP contribution in [0.1, 0.15) is 6.42 Å². The fourth-order valence-electron chi connectivity index (χ4n) is 2.06. The monoisotopic (exact) mass is 293 g/mol. The van der Waals surface area contributed by atoms with Gasteiger partial charge >= 0.3 is 5.97 Å². The molecule has 0 unspecified atom stereocenters. The highest BCUT2D eigenvalue weighted by atomic mass is 35.5. The Kier molecular flexibility index (Phi) is 3.31. The van der Waals surface area contributed by atoms with Crippen molar-refractivity contribution in [3.63, 3.8) is 0 Å². The Balaban J connectivity index is 1.75. The fourth-order valence-corrected chi connectivity index (χ4v) is 2.23. The lowest BCUT2D eigenvalue weighted by Crippen LogP contribution is -2.08. The summed E-state index contributed by atoms with van der Waals surface area (Å²) in [5, 5.41) is 17.1. The van der Waals surface area contributed by atoms with Crippen LogP contribution in [0.15, 0.2) is 30.6 Å². The number of hydrogen-bond donors (Lipinski definition) is 1. The minimum atomic E-state index is -0.758. The number of halogens is 1. The SMILES string of the molecule is O=C(O)[C@@H]1C[C@H]1COc1ccc(Cl)cc1-n1ccnn1. The fraction of sp³-hybridized carbons (Fsp3) is 0.308. The van der Waals surface area contributed by atoms with E-state index in [9.17, 15) is 4.79 Å². The highest BCUT2D eigenvalue weighted by molar-refractivity contribution is 6.30. The maximum absolute atomic E-state index is 10.8. The first kappa shape index (κ1) is 12.9. The Morgan fingerprint density at radius 2 is 2.40 bits per heavy atom. The summed E-state index contributed by atoms with van der Waals surface area (Å²) in [5.74, 6) is -0.356. The number of rotatable bonds is 5. The summed E-state index contributed by atoms with van der Waals surface area (Å²) < 4.78 is 7.27. The third-order valence-corrected chi connectivity index (χ3v) is 3.52. The molecule has 0 spiro atoms. The molecule has 1 aromatic carbocycles. The van der Waals surface area contributed by atoms with E-state index < -0.39 is 5.97 Å². The molecule has 0 aliphatic heterocycles. The number of ether oxygens (including phenoxy) is 1. The number of carbonyl (C=O) groups is 1. The zero-order valence-corrected chi connectivity index (χ0v) is 11.2. The van der Waals surface area contributed by atoms with E-state index in [0.29, 0.717) is 29.5 Å². The number of aromatic nitrogens is 3. The second-order valence-electron chi connectivity index (χ2n) is 4.71. The van der Waals surface area contributed by atoms with Gasteiger partial charge in [-0.15, -0.1) is 5.10 Å². The standard InChI is InChI=1S/C13H12ClN3O3/c14-9-1-2-12(11(6-9)17-4-3-15-16-17)20-7-8-5-10(8)13(18)19/h1-4,6,8,10H,5,7H2,(H,18,19)/t8-,10+/m0/s1. The molecule has 0 amide bonds. The Bertz CT molecular complexity index is 630. The van der Waals surface area contributed by atoms with E-state index >= 15 is 0 Å². The minimum Gasteiger partial charge on any atom is -0.491 e. The van der Waals surface area contributed by atoms with Crippen LogP contribution in [0.3, 0.4) is 0 Å². The van der Waals surface area contributed by atoms with Crippen molar-refractivity contribution in [1.82, 2.24) is 15.0 Å². The molecule has 20 heavy (non-hydrogen) atoms. The van der Waals surface area contributed by atoms with Gasteiger partial charge in [-0.25, -0.2) is 4.68 Å². The summed E-state index contributed by atoms with van der Waals surface area (Å²) in [6.07, 6.45) is 3.92. The molecule has 0 bridgehead atoms. The number of carboxylic acids is 1. The van der Waals surface area contributed by atoms with Gasteiger partial charge in [0, 0.05) is 10.9 Å². The average molecular weight is 294 g/mol. The van der Waals surface area contributed by atoms with Gasteiger partial charge in [0.25, 0.3) is 0 Å². The predicted octanol–water partition coefficient (Wildman–Crippen LogP) is 2.02. The lowest BCUT2D eigenvalue weighted by atomic mass is 10.3. The largest absolute Gasteiger partial charge is 0.491 e. The maximum atomic E-state index is 10.8. The predicted molar refractivity (Wildman–Crippen MR) is 71.1 cm³/mol. The Hall–Kier alpha value is -2.08. The van der Waals surface area contributed by atoms with Gasteiger partial charge in [-0.1, -0.05) is 16.8 Å². The van der Waals surface area contributed by atoms with Crippen LogP contribution in [0.5, 0.6) is 5.75 Å². The molecule has 0 radical (unpaired) electrons. The van der Waals surface area contributed by atoms with Crippen molar-refractivity contribution >= 4 is 17.6 Å². The summed E-state index contributed by atoms with van der Waals surface area (Å²) in [6, 6.07) is 5.20. The van der Waals surface area contributed by atoms with E-state index in [0.717, 1.165) is 0 Å². The molecular formula is C13H12ClN3O3. The van der Waals surface area contributed by atoms with E-state index in [2.05, 4.69) is 10.3 Å². The lowest BCUT2D eigenvalue weighted by molar-refractivity contribution is -0.138. The molecule has 3 rings (SSSR count).